The smallest absolute Gasteiger partial charge is 0.355 e. The summed E-state index contributed by atoms with van der Waals surface area (Å²) >= 11 is 4.63. The van der Waals surface area contributed by atoms with Crippen molar-refractivity contribution in [3.05, 3.63) is 49.9 Å². The van der Waals surface area contributed by atoms with Crippen LogP contribution in [-0.2, 0) is 6.42 Å². The maximum atomic E-state index is 12.1. The minimum absolute atomic E-state index is 0.0442. The molecule has 0 atom stereocenters. The molecule has 1 aromatic heterocycles. The van der Waals surface area contributed by atoms with Crippen molar-refractivity contribution in [1.29, 1.82) is 0 Å². The average Bonchev–Trinajstić information content (AvgIpc) is 2.90. The number of benzene rings is 1. The molecule has 1 amide bonds. The second-order valence-corrected chi connectivity index (χ2v) is 6.22. The zero-order chi connectivity index (χ0) is 15.4. The lowest BCUT2D eigenvalue weighted by atomic mass is 10.1. The number of carbonyl (C=O) groups excluding carboxylic acids is 1. The van der Waals surface area contributed by atoms with Crippen molar-refractivity contribution in [1.82, 2.24) is 10.3 Å². The Kier molecular flexibility index (Phi) is 5.08. The number of rotatable bonds is 5. The van der Waals surface area contributed by atoms with Gasteiger partial charge in [-0.1, -0.05) is 11.6 Å². The van der Waals surface area contributed by atoms with Crippen molar-refractivity contribution in [2.45, 2.75) is 13.3 Å². The maximum Gasteiger partial charge on any atom is 0.355 e. The predicted molar refractivity (Wildman–Crippen MR) is 84.0 cm³/mol. The first-order chi connectivity index (χ1) is 9.97. The van der Waals surface area contributed by atoms with Gasteiger partial charge in [0.1, 0.15) is 0 Å². The van der Waals surface area contributed by atoms with Gasteiger partial charge >= 0.3 is 5.97 Å². The Balaban J connectivity index is 1.92. The van der Waals surface area contributed by atoms with Crippen LogP contribution in [0.1, 0.15) is 31.4 Å². The number of hydrogen-bond donors (Lipinski definition) is 2. The monoisotopic (exact) mass is 368 g/mol. The molecule has 0 radical (unpaired) electrons. The SMILES string of the molecule is Cc1ccc(Br)c(C(=O)NCCc2nc(C(=O)O)cs2)c1. The van der Waals surface area contributed by atoms with Crippen molar-refractivity contribution in [3.8, 4) is 0 Å². The summed E-state index contributed by atoms with van der Waals surface area (Å²) in [7, 11) is 0. The molecule has 2 N–H and O–H groups in total. The fraction of sp³-hybridized carbons (Fsp3) is 0.214. The van der Waals surface area contributed by atoms with E-state index in [4.69, 9.17) is 5.11 Å². The van der Waals surface area contributed by atoms with Crippen LogP contribution in [0.2, 0.25) is 0 Å². The number of halogens is 1. The van der Waals surface area contributed by atoms with E-state index < -0.39 is 5.97 Å². The quantitative estimate of drug-likeness (QED) is 0.850. The van der Waals surface area contributed by atoms with Gasteiger partial charge < -0.3 is 10.4 Å². The lowest BCUT2D eigenvalue weighted by Gasteiger charge is -2.07. The van der Waals surface area contributed by atoms with Gasteiger partial charge in [-0.3, -0.25) is 4.79 Å². The molecule has 21 heavy (non-hydrogen) atoms. The van der Waals surface area contributed by atoms with Crippen LogP contribution in [0.4, 0.5) is 0 Å². The summed E-state index contributed by atoms with van der Waals surface area (Å²) in [5.74, 6) is -1.20. The minimum Gasteiger partial charge on any atom is -0.476 e. The predicted octanol–water partition coefficient (Wildman–Crippen LogP) is 2.88. The molecule has 0 aliphatic carbocycles. The number of aromatic carboxylic acids is 1. The van der Waals surface area contributed by atoms with E-state index in [2.05, 4.69) is 26.2 Å². The molecule has 1 aromatic carbocycles. The molecule has 0 saturated heterocycles. The number of carboxylic acid groups (broad SMARTS) is 1. The topological polar surface area (TPSA) is 79.3 Å². The van der Waals surface area contributed by atoms with E-state index in [0.29, 0.717) is 23.5 Å². The van der Waals surface area contributed by atoms with Gasteiger partial charge in [0.2, 0.25) is 0 Å². The van der Waals surface area contributed by atoms with Gasteiger partial charge in [-0.25, -0.2) is 9.78 Å². The number of hydrogen-bond acceptors (Lipinski definition) is 4. The van der Waals surface area contributed by atoms with E-state index in [1.807, 2.05) is 25.1 Å². The van der Waals surface area contributed by atoms with Crippen LogP contribution < -0.4 is 5.32 Å². The first kappa shape index (κ1) is 15.7. The summed E-state index contributed by atoms with van der Waals surface area (Å²) in [6, 6.07) is 5.57. The van der Waals surface area contributed by atoms with Crippen molar-refractivity contribution in [3.63, 3.8) is 0 Å². The molecule has 110 valence electrons. The molecule has 0 aliphatic heterocycles. The molecular formula is C14H13BrN2O3S. The van der Waals surface area contributed by atoms with E-state index in [1.165, 1.54) is 16.7 Å². The Hall–Kier alpha value is -1.73. The van der Waals surface area contributed by atoms with Crippen LogP contribution in [0.3, 0.4) is 0 Å². The van der Waals surface area contributed by atoms with Gasteiger partial charge in [0.05, 0.1) is 10.6 Å². The zero-order valence-corrected chi connectivity index (χ0v) is 13.6. The molecule has 5 nitrogen and oxygen atoms in total. The molecule has 0 fully saturated rings. The van der Waals surface area contributed by atoms with Gasteiger partial charge in [0.15, 0.2) is 5.69 Å². The second kappa shape index (κ2) is 6.82. The molecule has 1 heterocycles. The van der Waals surface area contributed by atoms with Crippen molar-refractivity contribution in [2.24, 2.45) is 0 Å². The fourth-order valence-corrected chi connectivity index (χ4v) is 2.91. The Bertz CT molecular complexity index is 685. The lowest BCUT2D eigenvalue weighted by molar-refractivity contribution is 0.0690. The normalized spacial score (nSPS) is 10.4. The standard InChI is InChI=1S/C14H13BrN2O3S/c1-8-2-3-10(15)9(6-8)13(18)16-5-4-12-17-11(7-21-12)14(19)20/h2-3,6-7H,4-5H2,1H3,(H,16,18)(H,19,20). The van der Waals surface area contributed by atoms with Gasteiger partial charge in [-0.15, -0.1) is 11.3 Å². The number of nitrogens with one attached hydrogen (secondary N) is 1. The summed E-state index contributed by atoms with van der Waals surface area (Å²) in [4.78, 5) is 26.8. The molecule has 2 rings (SSSR count). The Morgan fingerprint density at radius 2 is 2.19 bits per heavy atom. The fourth-order valence-electron chi connectivity index (χ4n) is 1.72. The molecule has 0 saturated carbocycles. The number of amides is 1. The van der Waals surface area contributed by atoms with Crippen molar-refractivity contribution in [2.75, 3.05) is 6.54 Å². The summed E-state index contributed by atoms with van der Waals surface area (Å²) in [5.41, 5.74) is 1.64. The van der Waals surface area contributed by atoms with Crippen LogP contribution in [0.25, 0.3) is 0 Å². The van der Waals surface area contributed by atoms with Crippen molar-refractivity contribution < 1.29 is 14.7 Å². The largest absolute Gasteiger partial charge is 0.476 e. The molecule has 0 unspecified atom stereocenters. The highest BCUT2D eigenvalue weighted by Gasteiger charge is 2.11. The van der Waals surface area contributed by atoms with E-state index in [-0.39, 0.29) is 11.6 Å². The first-order valence-electron chi connectivity index (χ1n) is 6.19. The number of carbonyl (C=O) groups is 2. The van der Waals surface area contributed by atoms with E-state index in [9.17, 15) is 9.59 Å². The van der Waals surface area contributed by atoms with Crippen LogP contribution in [0.5, 0.6) is 0 Å². The zero-order valence-electron chi connectivity index (χ0n) is 11.2. The number of thiazole rings is 1. The van der Waals surface area contributed by atoms with Gasteiger partial charge in [0, 0.05) is 22.8 Å². The third kappa shape index (κ3) is 4.12. The maximum absolute atomic E-state index is 12.1. The van der Waals surface area contributed by atoms with Gasteiger partial charge in [-0.05, 0) is 35.0 Å². The first-order valence-corrected chi connectivity index (χ1v) is 7.86. The Morgan fingerprint density at radius 1 is 1.43 bits per heavy atom. The molecule has 0 bridgehead atoms. The highest BCUT2D eigenvalue weighted by atomic mass is 79.9. The second-order valence-electron chi connectivity index (χ2n) is 4.42. The summed E-state index contributed by atoms with van der Waals surface area (Å²) in [6.45, 7) is 2.33. The number of carboxylic acids is 1. The highest BCUT2D eigenvalue weighted by molar-refractivity contribution is 9.10. The van der Waals surface area contributed by atoms with Crippen LogP contribution in [-0.4, -0.2) is 28.5 Å². The van der Waals surface area contributed by atoms with Gasteiger partial charge in [-0.2, -0.15) is 0 Å². The van der Waals surface area contributed by atoms with Crippen LogP contribution in [0, 0.1) is 6.92 Å². The van der Waals surface area contributed by atoms with Gasteiger partial charge in [0.25, 0.3) is 5.91 Å². The molecular weight excluding hydrogens is 356 g/mol. The lowest BCUT2D eigenvalue weighted by Crippen LogP contribution is -2.26. The number of aryl methyl sites for hydroxylation is 1. The van der Waals surface area contributed by atoms with Crippen LogP contribution in [0.15, 0.2) is 28.1 Å². The molecule has 2 aromatic rings. The van der Waals surface area contributed by atoms with E-state index >= 15 is 0 Å². The third-order valence-corrected chi connectivity index (χ3v) is 4.36. The summed E-state index contributed by atoms with van der Waals surface area (Å²) in [5, 5.41) is 13.8. The van der Waals surface area contributed by atoms with Crippen LogP contribution >= 0.6 is 27.3 Å². The summed E-state index contributed by atoms with van der Waals surface area (Å²) < 4.78 is 0.744. The Labute approximate surface area is 134 Å². The molecule has 0 aliphatic rings. The minimum atomic E-state index is -1.04. The Morgan fingerprint density at radius 3 is 2.86 bits per heavy atom. The highest BCUT2D eigenvalue weighted by Crippen LogP contribution is 2.18. The summed E-state index contributed by atoms with van der Waals surface area (Å²) in [6.07, 6.45) is 0.507. The number of aromatic nitrogens is 1. The average molecular weight is 369 g/mol. The molecule has 7 heteroatoms. The van der Waals surface area contributed by atoms with Crippen molar-refractivity contribution >= 4 is 39.1 Å². The number of nitrogens with zero attached hydrogens (tertiary/aromatic N) is 1. The van der Waals surface area contributed by atoms with E-state index in [1.54, 1.807) is 0 Å². The molecule has 0 spiro atoms. The van der Waals surface area contributed by atoms with E-state index in [0.717, 1.165) is 10.0 Å². The third-order valence-electron chi connectivity index (χ3n) is 2.76.